The molecule has 1 heterocycles. The molecule has 1 aliphatic heterocycles. The molecule has 9 heteroatoms. The SMILES string of the molecule is FC1(F)CCN(CCOc2cc(OC(F)(F)F)ccc2Br)C1. The molecule has 3 nitrogen and oxygen atoms in total. The lowest BCUT2D eigenvalue weighted by Crippen LogP contribution is -2.29. The van der Waals surface area contributed by atoms with E-state index in [4.69, 9.17) is 4.74 Å². The molecule has 1 aromatic rings. The van der Waals surface area contributed by atoms with E-state index < -0.39 is 18.0 Å². The molecule has 22 heavy (non-hydrogen) atoms. The quantitative estimate of drug-likeness (QED) is 0.708. The first kappa shape index (κ1) is 17.3. The van der Waals surface area contributed by atoms with E-state index in [2.05, 4.69) is 20.7 Å². The van der Waals surface area contributed by atoms with Crippen LogP contribution in [-0.4, -0.2) is 43.4 Å². The first-order valence-corrected chi connectivity index (χ1v) is 7.22. The van der Waals surface area contributed by atoms with Gasteiger partial charge in [-0.1, -0.05) is 0 Å². The number of alkyl halides is 5. The van der Waals surface area contributed by atoms with E-state index in [1.54, 1.807) is 4.90 Å². The van der Waals surface area contributed by atoms with Gasteiger partial charge in [0, 0.05) is 25.6 Å². The number of nitrogens with zero attached hydrogens (tertiary/aromatic N) is 1. The summed E-state index contributed by atoms with van der Waals surface area (Å²) in [5.41, 5.74) is 0. The van der Waals surface area contributed by atoms with Crippen molar-refractivity contribution in [1.29, 1.82) is 0 Å². The van der Waals surface area contributed by atoms with E-state index in [0.29, 0.717) is 4.47 Å². The summed E-state index contributed by atoms with van der Waals surface area (Å²) in [6.45, 7) is 0.306. The van der Waals surface area contributed by atoms with E-state index in [1.165, 1.54) is 6.07 Å². The molecule has 1 aromatic carbocycles. The molecule has 0 aromatic heterocycles. The van der Waals surface area contributed by atoms with Crippen molar-refractivity contribution in [1.82, 2.24) is 4.90 Å². The lowest BCUT2D eigenvalue weighted by molar-refractivity contribution is -0.274. The molecule has 0 bridgehead atoms. The Hall–Kier alpha value is -1.09. The Morgan fingerprint density at radius 2 is 2.00 bits per heavy atom. The van der Waals surface area contributed by atoms with Crippen molar-refractivity contribution >= 4 is 15.9 Å². The average molecular weight is 390 g/mol. The van der Waals surface area contributed by atoms with Gasteiger partial charge in [0.05, 0.1) is 11.0 Å². The highest BCUT2D eigenvalue weighted by atomic mass is 79.9. The van der Waals surface area contributed by atoms with Gasteiger partial charge >= 0.3 is 6.36 Å². The number of likely N-dealkylation sites (tertiary alicyclic amines) is 1. The second-order valence-electron chi connectivity index (χ2n) is 4.87. The van der Waals surface area contributed by atoms with Crippen LogP contribution in [0.3, 0.4) is 0 Å². The Labute approximate surface area is 132 Å². The Balaban J connectivity index is 1.88. The third-order valence-corrected chi connectivity index (χ3v) is 3.71. The number of ether oxygens (including phenoxy) is 2. The Morgan fingerprint density at radius 3 is 2.59 bits per heavy atom. The molecule has 0 spiro atoms. The molecule has 0 saturated carbocycles. The standard InChI is InChI=1S/C13H13BrF5NO2/c14-10-2-1-9(22-13(17,18)19)7-11(10)21-6-5-20-4-3-12(15,16)8-20/h1-2,7H,3-6,8H2. The van der Waals surface area contributed by atoms with E-state index >= 15 is 0 Å². The van der Waals surface area contributed by atoms with Crippen molar-refractivity contribution < 1.29 is 31.4 Å². The fraction of sp³-hybridized carbons (Fsp3) is 0.538. The summed E-state index contributed by atoms with van der Waals surface area (Å²) in [6.07, 6.45) is -4.97. The van der Waals surface area contributed by atoms with Gasteiger partial charge < -0.3 is 9.47 Å². The number of hydrogen-bond donors (Lipinski definition) is 0. The highest BCUT2D eigenvalue weighted by molar-refractivity contribution is 9.10. The molecular formula is C13H13BrF5NO2. The van der Waals surface area contributed by atoms with Crippen LogP contribution in [0.2, 0.25) is 0 Å². The van der Waals surface area contributed by atoms with Crippen molar-refractivity contribution in [3.05, 3.63) is 22.7 Å². The average Bonchev–Trinajstić information content (AvgIpc) is 2.71. The normalized spacial score (nSPS) is 18.5. The van der Waals surface area contributed by atoms with Crippen LogP contribution >= 0.6 is 15.9 Å². The van der Waals surface area contributed by atoms with Crippen LogP contribution in [0, 0.1) is 0 Å². The number of rotatable bonds is 5. The molecule has 0 radical (unpaired) electrons. The predicted octanol–water partition coefficient (Wildman–Crippen LogP) is 4.07. The zero-order chi connectivity index (χ0) is 16.4. The van der Waals surface area contributed by atoms with Gasteiger partial charge in [-0.15, -0.1) is 13.2 Å². The van der Waals surface area contributed by atoms with Crippen LogP contribution in [0.25, 0.3) is 0 Å². The van der Waals surface area contributed by atoms with E-state index in [0.717, 1.165) is 12.1 Å². The Kier molecular flexibility index (Phi) is 5.16. The molecular weight excluding hydrogens is 377 g/mol. The number of hydrogen-bond acceptors (Lipinski definition) is 3. The highest BCUT2D eigenvalue weighted by Crippen LogP contribution is 2.32. The lowest BCUT2D eigenvalue weighted by Gasteiger charge is -2.17. The maximum absolute atomic E-state index is 13.0. The fourth-order valence-corrected chi connectivity index (χ4v) is 2.44. The maximum atomic E-state index is 13.0. The van der Waals surface area contributed by atoms with E-state index in [9.17, 15) is 22.0 Å². The first-order valence-electron chi connectivity index (χ1n) is 6.43. The van der Waals surface area contributed by atoms with Crippen molar-refractivity contribution in [2.24, 2.45) is 0 Å². The van der Waals surface area contributed by atoms with Gasteiger partial charge in [-0.25, -0.2) is 8.78 Å². The Bertz CT molecular complexity index is 524. The molecule has 0 aliphatic carbocycles. The number of benzene rings is 1. The summed E-state index contributed by atoms with van der Waals surface area (Å²) in [5.74, 6) is -2.92. The lowest BCUT2D eigenvalue weighted by atomic mass is 10.3. The van der Waals surface area contributed by atoms with Crippen LogP contribution in [-0.2, 0) is 0 Å². The van der Waals surface area contributed by atoms with Crippen molar-refractivity contribution in [3.63, 3.8) is 0 Å². The van der Waals surface area contributed by atoms with E-state index in [-0.39, 0.29) is 38.4 Å². The molecule has 1 saturated heterocycles. The maximum Gasteiger partial charge on any atom is 0.573 e. The summed E-state index contributed by atoms with van der Waals surface area (Å²) >= 11 is 3.15. The highest BCUT2D eigenvalue weighted by Gasteiger charge is 2.37. The van der Waals surface area contributed by atoms with Crippen LogP contribution < -0.4 is 9.47 Å². The monoisotopic (exact) mass is 389 g/mol. The largest absolute Gasteiger partial charge is 0.573 e. The smallest absolute Gasteiger partial charge is 0.491 e. The third-order valence-electron chi connectivity index (χ3n) is 3.05. The predicted molar refractivity (Wildman–Crippen MR) is 72.3 cm³/mol. The molecule has 0 unspecified atom stereocenters. The van der Waals surface area contributed by atoms with Crippen molar-refractivity contribution in [2.45, 2.75) is 18.7 Å². The summed E-state index contributed by atoms with van der Waals surface area (Å²) in [4.78, 5) is 1.55. The van der Waals surface area contributed by atoms with Gasteiger partial charge in [0.2, 0.25) is 0 Å². The summed E-state index contributed by atoms with van der Waals surface area (Å²) in [7, 11) is 0. The summed E-state index contributed by atoms with van der Waals surface area (Å²) in [6, 6.07) is 3.60. The molecule has 0 N–H and O–H groups in total. The fourth-order valence-electron chi connectivity index (χ4n) is 2.07. The summed E-state index contributed by atoms with van der Waals surface area (Å²) in [5, 5.41) is 0. The minimum atomic E-state index is -4.79. The van der Waals surface area contributed by atoms with Crippen molar-refractivity contribution in [2.75, 3.05) is 26.2 Å². The van der Waals surface area contributed by atoms with Gasteiger partial charge in [0.15, 0.2) is 0 Å². The van der Waals surface area contributed by atoms with E-state index in [1.807, 2.05) is 0 Å². The zero-order valence-corrected chi connectivity index (χ0v) is 12.9. The van der Waals surface area contributed by atoms with Gasteiger partial charge in [-0.05, 0) is 28.1 Å². The van der Waals surface area contributed by atoms with Gasteiger partial charge in [0.25, 0.3) is 5.92 Å². The van der Waals surface area contributed by atoms with Crippen molar-refractivity contribution in [3.8, 4) is 11.5 Å². The second-order valence-corrected chi connectivity index (χ2v) is 5.72. The van der Waals surface area contributed by atoms with Crippen LogP contribution in [0.1, 0.15) is 6.42 Å². The van der Waals surface area contributed by atoms with Crippen LogP contribution in [0.15, 0.2) is 22.7 Å². The van der Waals surface area contributed by atoms with Gasteiger partial charge in [-0.2, -0.15) is 0 Å². The minimum Gasteiger partial charge on any atom is -0.491 e. The Morgan fingerprint density at radius 1 is 1.27 bits per heavy atom. The summed E-state index contributed by atoms with van der Waals surface area (Å²) < 4.78 is 72.1. The minimum absolute atomic E-state index is 0.0875. The second kappa shape index (κ2) is 6.57. The molecule has 1 aliphatic rings. The van der Waals surface area contributed by atoms with Gasteiger partial charge in [0.1, 0.15) is 18.1 Å². The molecule has 0 atom stereocenters. The zero-order valence-electron chi connectivity index (χ0n) is 11.3. The third kappa shape index (κ3) is 5.28. The molecule has 1 fully saturated rings. The number of halogens is 6. The first-order chi connectivity index (χ1) is 10.1. The molecule has 0 amide bonds. The molecule has 124 valence electrons. The molecule has 2 rings (SSSR count). The van der Waals surface area contributed by atoms with Gasteiger partial charge in [-0.3, -0.25) is 4.90 Å². The van der Waals surface area contributed by atoms with Crippen LogP contribution in [0.4, 0.5) is 22.0 Å². The van der Waals surface area contributed by atoms with Crippen LogP contribution in [0.5, 0.6) is 11.5 Å². The topological polar surface area (TPSA) is 21.7 Å².